The largest absolute Gasteiger partial charge is 0.494 e. The number of aryl methyl sites for hydroxylation is 2. The highest BCUT2D eigenvalue weighted by atomic mass is 32.1. The second-order valence-corrected chi connectivity index (χ2v) is 21.6. The van der Waals surface area contributed by atoms with Crippen molar-refractivity contribution in [3.8, 4) is 16.9 Å². The van der Waals surface area contributed by atoms with Crippen LogP contribution < -0.4 is 25.6 Å². The standard InChI is InChI=1S/C57H61N9O7S/c1-34-30-38(72-29-9-10-35-23-26-65(27-24-35)33-50(68)58-37-15-17-42-46(31-37)64(5)63-51(42)43-20-22-49(67)61-54(43)70)16-18-39(34)40-19-21-48(60-52(40)55(71)73-57(2,3)4)66-28-25-36-11-8-12-41(44(36)32-66)53(69)62-56-59-45-13-6-7-14-47(45)74-56/h6-8,11-19,21,30-31,35,43H,9-10,20,22-29,32-33H2,1-5H3,(H,58,68)(H,59,62,69)(H,61,67,70). The molecule has 3 aliphatic heterocycles. The number of carbonyl (C=O) groups is 5. The Morgan fingerprint density at radius 1 is 0.865 bits per heavy atom. The molecule has 382 valence electrons. The van der Waals surface area contributed by atoms with Gasteiger partial charge in [0.25, 0.3) is 5.91 Å². The van der Waals surface area contributed by atoms with E-state index >= 15 is 0 Å². The molecule has 3 aromatic heterocycles. The average Bonchev–Trinajstić information content (AvgIpc) is 3.94. The molecule has 16 nitrogen and oxygen atoms in total. The van der Waals surface area contributed by atoms with Gasteiger partial charge in [-0.15, -0.1) is 0 Å². The number of para-hydroxylation sites is 1. The first kappa shape index (κ1) is 50.1. The van der Waals surface area contributed by atoms with Crippen molar-refractivity contribution in [1.82, 2.24) is 30.0 Å². The predicted octanol–water partition coefficient (Wildman–Crippen LogP) is 9.35. The summed E-state index contributed by atoms with van der Waals surface area (Å²) in [5.74, 6) is 0.0342. The number of aromatic nitrogens is 4. The molecule has 6 heterocycles. The van der Waals surface area contributed by atoms with Crippen LogP contribution in [-0.4, -0.2) is 92.6 Å². The highest BCUT2D eigenvalue weighted by Crippen LogP contribution is 2.36. The molecule has 2 saturated heterocycles. The molecular formula is C57H61N9O7S. The Hall–Kier alpha value is -7.50. The normalized spacial score (nSPS) is 16.5. The Kier molecular flexibility index (Phi) is 14.3. The lowest BCUT2D eigenvalue weighted by Crippen LogP contribution is -2.39. The summed E-state index contributed by atoms with van der Waals surface area (Å²) in [4.78, 5) is 79.0. The van der Waals surface area contributed by atoms with Crippen molar-refractivity contribution in [2.75, 3.05) is 48.3 Å². The molecule has 4 amide bonds. The lowest BCUT2D eigenvalue weighted by molar-refractivity contribution is -0.134. The van der Waals surface area contributed by atoms with E-state index in [9.17, 15) is 24.0 Å². The summed E-state index contributed by atoms with van der Waals surface area (Å²) in [6.45, 7) is 11.2. The number of anilines is 3. The first-order chi connectivity index (χ1) is 35.6. The van der Waals surface area contributed by atoms with Crippen LogP contribution in [0.3, 0.4) is 0 Å². The highest BCUT2D eigenvalue weighted by molar-refractivity contribution is 7.22. The first-order valence-corrected chi connectivity index (χ1v) is 26.3. The molecule has 2 fully saturated rings. The number of fused-ring (bicyclic) bond motifs is 3. The van der Waals surface area contributed by atoms with E-state index in [4.69, 9.17) is 14.5 Å². The van der Waals surface area contributed by atoms with Gasteiger partial charge in [0.1, 0.15) is 17.2 Å². The molecule has 1 unspecified atom stereocenters. The molecule has 74 heavy (non-hydrogen) atoms. The fraction of sp³-hybridized carbons (Fsp3) is 0.368. The van der Waals surface area contributed by atoms with Crippen LogP contribution in [-0.2, 0) is 39.1 Å². The van der Waals surface area contributed by atoms with Crippen LogP contribution in [0.15, 0.2) is 91.0 Å². The SMILES string of the molecule is Cc1cc(OCCCC2CCN(CC(=O)Nc3ccc4c(C5CCC(=O)NC5=O)nn(C)c4c3)CC2)ccc1-c1ccc(N2CCc3cccc(C(=O)Nc4nc5ccccc5s4)c3C2)nc1C(=O)OC(C)(C)C. The second-order valence-electron chi connectivity index (χ2n) is 20.6. The predicted molar refractivity (Wildman–Crippen MR) is 287 cm³/mol. The van der Waals surface area contributed by atoms with Gasteiger partial charge in [-0.05, 0) is 168 Å². The Bertz CT molecular complexity index is 3280. The van der Waals surface area contributed by atoms with Crippen molar-refractivity contribution in [1.29, 1.82) is 0 Å². The van der Waals surface area contributed by atoms with Crippen molar-refractivity contribution < 1.29 is 33.4 Å². The van der Waals surface area contributed by atoms with Gasteiger partial charge in [0.15, 0.2) is 10.8 Å². The third kappa shape index (κ3) is 11.2. The van der Waals surface area contributed by atoms with E-state index in [0.29, 0.717) is 78.5 Å². The minimum absolute atomic E-state index is 0.0802. The van der Waals surface area contributed by atoms with Gasteiger partial charge in [-0.25, -0.2) is 14.8 Å². The summed E-state index contributed by atoms with van der Waals surface area (Å²) in [5, 5.41) is 14.5. The quantitative estimate of drug-likeness (QED) is 0.0533. The number of ether oxygens (including phenoxy) is 2. The van der Waals surface area contributed by atoms with Gasteiger partial charge in [0.05, 0.1) is 40.5 Å². The maximum Gasteiger partial charge on any atom is 0.358 e. The molecular weight excluding hydrogens is 955 g/mol. The summed E-state index contributed by atoms with van der Waals surface area (Å²) in [5.41, 5.74) is 7.48. The number of nitrogens with one attached hydrogen (secondary N) is 3. The third-order valence-corrected chi connectivity index (χ3v) is 15.1. The van der Waals surface area contributed by atoms with E-state index < -0.39 is 17.5 Å². The molecule has 0 saturated carbocycles. The number of amides is 4. The Morgan fingerprint density at radius 2 is 1.68 bits per heavy atom. The molecule has 4 aromatic carbocycles. The van der Waals surface area contributed by atoms with Gasteiger partial charge in [-0.1, -0.05) is 41.7 Å². The van der Waals surface area contributed by atoms with E-state index in [1.165, 1.54) is 11.3 Å². The zero-order chi connectivity index (χ0) is 51.7. The molecule has 0 radical (unpaired) electrons. The number of rotatable bonds is 14. The smallest absolute Gasteiger partial charge is 0.358 e. The number of esters is 1. The number of benzene rings is 4. The number of thiazole rings is 1. The number of hydrogen-bond donors (Lipinski definition) is 3. The van der Waals surface area contributed by atoms with Crippen molar-refractivity contribution in [3.05, 3.63) is 125 Å². The van der Waals surface area contributed by atoms with Gasteiger partial charge < -0.3 is 19.7 Å². The van der Waals surface area contributed by atoms with Crippen molar-refractivity contribution in [2.45, 2.75) is 90.7 Å². The Morgan fingerprint density at radius 3 is 2.46 bits per heavy atom. The van der Waals surface area contributed by atoms with Crippen LogP contribution in [0.4, 0.5) is 16.6 Å². The van der Waals surface area contributed by atoms with Gasteiger partial charge in [-0.2, -0.15) is 5.10 Å². The van der Waals surface area contributed by atoms with Gasteiger partial charge in [0.2, 0.25) is 17.7 Å². The van der Waals surface area contributed by atoms with Crippen LogP contribution in [0.1, 0.15) is 108 Å². The maximum absolute atomic E-state index is 14.0. The van der Waals surface area contributed by atoms with E-state index in [1.807, 2.05) is 120 Å². The van der Waals surface area contributed by atoms with Crippen molar-refractivity contribution >= 4 is 78.7 Å². The van der Waals surface area contributed by atoms with Crippen LogP contribution in [0.25, 0.3) is 32.2 Å². The molecule has 7 aromatic rings. The molecule has 10 rings (SSSR count). The molecule has 0 spiro atoms. The van der Waals surface area contributed by atoms with Crippen molar-refractivity contribution in [3.63, 3.8) is 0 Å². The minimum atomic E-state index is -0.740. The number of hydrogen-bond acceptors (Lipinski definition) is 13. The highest BCUT2D eigenvalue weighted by Gasteiger charge is 2.32. The third-order valence-electron chi connectivity index (χ3n) is 14.1. The fourth-order valence-corrected chi connectivity index (χ4v) is 11.3. The summed E-state index contributed by atoms with van der Waals surface area (Å²) in [6, 6.07) is 29.0. The summed E-state index contributed by atoms with van der Waals surface area (Å²) < 4.78 is 14.9. The first-order valence-electron chi connectivity index (χ1n) is 25.5. The molecule has 0 bridgehead atoms. The molecule has 3 aliphatic rings. The Balaban J connectivity index is 0.723. The van der Waals surface area contributed by atoms with Crippen LogP contribution in [0.2, 0.25) is 0 Å². The van der Waals surface area contributed by atoms with E-state index in [-0.39, 0.29) is 35.7 Å². The number of piperidine rings is 2. The lowest BCUT2D eigenvalue weighted by Gasteiger charge is -2.31. The zero-order valence-electron chi connectivity index (χ0n) is 42.5. The maximum atomic E-state index is 14.0. The number of pyridine rings is 1. The molecule has 17 heteroatoms. The van der Waals surface area contributed by atoms with Crippen LogP contribution in [0.5, 0.6) is 5.75 Å². The summed E-state index contributed by atoms with van der Waals surface area (Å²) in [7, 11) is 1.81. The van der Waals surface area contributed by atoms with E-state index in [0.717, 1.165) is 87.9 Å². The topological polar surface area (TPSA) is 190 Å². The monoisotopic (exact) mass is 1020 g/mol. The molecule has 1 atom stereocenters. The number of carbonyl (C=O) groups excluding carboxylic acids is 5. The van der Waals surface area contributed by atoms with E-state index in [2.05, 4.69) is 41.9 Å². The van der Waals surface area contributed by atoms with Crippen molar-refractivity contribution in [2.24, 2.45) is 13.0 Å². The second kappa shape index (κ2) is 21.2. The number of nitrogens with zero attached hydrogens (tertiary/aromatic N) is 6. The minimum Gasteiger partial charge on any atom is -0.494 e. The summed E-state index contributed by atoms with van der Waals surface area (Å²) in [6.07, 6.45) is 5.35. The van der Waals surface area contributed by atoms with Gasteiger partial charge in [-0.3, -0.25) is 39.4 Å². The van der Waals surface area contributed by atoms with Gasteiger partial charge >= 0.3 is 5.97 Å². The lowest BCUT2D eigenvalue weighted by atomic mass is 9.92. The van der Waals surface area contributed by atoms with Crippen LogP contribution >= 0.6 is 11.3 Å². The fourth-order valence-electron chi connectivity index (χ4n) is 10.4. The zero-order valence-corrected chi connectivity index (χ0v) is 43.3. The molecule has 0 aliphatic carbocycles. The van der Waals surface area contributed by atoms with Gasteiger partial charge in [0, 0.05) is 48.8 Å². The number of imide groups is 1. The summed E-state index contributed by atoms with van der Waals surface area (Å²) >= 11 is 1.44. The molecule has 3 N–H and O–H groups in total. The van der Waals surface area contributed by atoms with E-state index in [1.54, 1.807) is 4.68 Å². The van der Waals surface area contributed by atoms with Crippen LogP contribution in [0, 0.1) is 12.8 Å². The number of likely N-dealkylation sites (tertiary alicyclic amines) is 1. The average molecular weight is 1020 g/mol. The Labute approximate surface area is 433 Å².